The van der Waals surface area contributed by atoms with Gasteiger partial charge in [-0.25, -0.2) is 0 Å². The van der Waals surface area contributed by atoms with Crippen LogP contribution in [0.25, 0.3) is 0 Å². The van der Waals surface area contributed by atoms with Crippen LogP contribution in [0.15, 0.2) is 0 Å². The van der Waals surface area contributed by atoms with Crippen molar-refractivity contribution in [3.63, 3.8) is 0 Å². The molecule has 1 rings (SSSR count). The highest BCUT2D eigenvalue weighted by Gasteiger charge is 2.12. The minimum Gasteiger partial charge on any atom is -0.353 e. The fourth-order valence-electron chi connectivity index (χ4n) is 0.984. The van der Waals surface area contributed by atoms with Crippen molar-refractivity contribution in [3.05, 3.63) is 0 Å². The first kappa shape index (κ1) is 7.59. The van der Waals surface area contributed by atoms with Crippen LogP contribution in [0.2, 0.25) is 0 Å². The van der Waals surface area contributed by atoms with E-state index in [-0.39, 0.29) is 6.29 Å². The summed E-state index contributed by atoms with van der Waals surface area (Å²) in [5.41, 5.74) is 0. The van der Waals surface area contributed by atoms with Gasteiger partial charge in [-0.05, 0) is 19.3 Å². The van der Waals surface area contributed by atoms with Gasteiger partial charge in [0, 0.05) is 6.61 Å². The van der Waals surface area contributed by atoms with Crippen LogP contribution < -0.4 is 0 Å². The minimum atomic E-state index is -0.0372. The molecule has 1 aliphatic rings. The van der Waals surface area contributed by atoms with Crippen LogP contribution in [0.1, 0.15) is 19.3 Å². The Bertz CT molecular complexity index is 120. The van der Waals surface area contributed by atoms with Crippen LogP contribution >= 0.6 is 0 Å². The molecule has 0 aromatic carbocycles. The zero-order valence-electron chi connectivity index (χ0n) is 6.01. The number of terminal acetylenes is 1. The van der Waals surface area contributed by atoms with Crippen LogP contribution in [0, 0.1) is 12.3 Å². The van der Waals surface area contributed by atoms with Crippen molar-refractivity contribution < 1.29 is 9.47 Å². The first-order valence-corrected chi connectivity index (χ1v) is 3.60. The van der Waals surface area contributed by atoms with Gasteiger partial charge in [0.05, 0.1) is 0 Å². The third-order valence-electron chi connectivity index (χ3n) is 1.49. The number of rotatable bonds is 2. The summed E-state index contributed by atoms with van der Waals surface area (Å²) >= 11 is 0. The summed E-state index contributed by atoms with van der Waals surface area (Å²) in [7, 11) is 0. The second kappa shape index (κ2) is 4.32. The Morgan fingerprint density at radius 3 is 3.10 bits per heavy atom. The van der Waals surface area contributed by atoms with E-state index in [2.05, 4.69) is 5.92 Å². The molecular weight excluding hydrogens is 128 g/mol. The van der Waals surface area contributed by atoms with Gasteiger partial charge in [-0.1, -0.05) is 5.92 Å². The molecule has 0 saturated carbocycles. The molecule has 0 aromatic heterocycles. The van der Waals surface area contributed by atoms with E-state index in [0.29, 0.717) is 6.61 Å². The molecule has 1 atom stereocenters. The zero-order chi connectivity index (χ0) is 7.23. The van der Waals surface area contributed by atoms with Crippen molar-refractivity contribution in [1.82, 2.24) is 0 Å². The summed E-state index contributed by atoms with van der Waals surface area (Å²) in [5.74, 6) is 2.41. The lowest BCUT2D eigenvalue weighted by Crippen LogP contribution is -2.22. The van der Waals surface area contributed by atoms with E-state index in [1.165, 1.54) is 6.42 Å². The maximum Gasteiger partial charge on any atom is 0.158 e. The Morgan fingerprint density at radius 1 is 1.60 bits per heavy atom. The molecule has 56 valence electrons. The van der Waals surface area contributed by atoms with Crippen molar-refractivity contribution in [3.8, 4) is 12.3 Å². The molecular formula is C8H12O2. The molecule has 2 heteroatoms. The lowest BCUT2D eigenvalue weighted by molar-refractivity contribution is -0.154. The molecule has 1 heterocycles. The van der Waals surface area contributed by atoms with Crippen LogP contribution in [0.4, 0.5) is 0 Å². The molecule has 1 aliphatic heterocycles. The minimum absolute atomic E-state index is 0.0372. The van der Waals surface area contributed by atoms with Crippen molar-refractivity contribution in [2.45, 2.75) is 25.6 Å². The molecule has 1 fully saturated rings. The van der Waals surface area contributed by atoms with Crippen molar-refractivity contribution in [2.24, 2.45) is 0 Å². The zero-order valence-corrected chi connectivity index (χ0v) is 6.01. The van der Waals surface area contributed by atoms with Gasteiger partial charge in [-0.2, -0.15) is 0 Å². The molecule has 0 aliphatic carbocycles. The fourth-order valence-corrected chi connectivity index (χ4v) is 0.984. The van der Waals surface area contributed by atoms with Crippen LogP contribution in [0.3, 0.4) is 0 Å². The molecule has 1 saturated heterocycles. The van der Waals surface area contributed by atoms with E-state index in [1.807, 2.05) is 0 Å². The van der Waals surface area contributed by atoms with E-state index in [9.17, 15) is 0 Å². The summed E-state index contributed by atoms with van der Waals surface area (Å²) in [6.45, 7) is 1.18. The molecule has 0 spiro atoms. The van der Waals surface area contributed by atoms with Gasteiger partial charge in [-0.3, -0.25) is 0 Å². The second-order valence-corrected chi connectivity index (χ2v) is 2.31. The summed E-state index contributed by atoms with van der Waals surface area (Å²) in [5, 5.41) is 0. The number of hydrogen-bond donors (Lipinski definition) is 0. The molecule has 0 N–H and O–H groups in total. The van der Waals surface area contributed by atoms with E-state index < -0.39 is 0 Å². The molecule has 10 heavy (non-hydrogen) atoms. The Kier molecular flexibility index (Phi) is 3.28. The van der Waals surface area contributed by atoms with Gasteiger partial charge in [-0.15, -0.1) is 6.42 Å². The monoisotopic (exact) mass is 140 g/mol. The van der Waals surface area contributed by atoms with Crippen LogP contribution in [0.5, 0.6) is 0 Å². The Morgan fingerprint density at radius 2 is 2.50 bits per heavy atom. The van der Waals surface area contributed by atoms with Crippen LogP contribution in [-0.2, 0) is 9.47 Å². The highest BCUT2D eigenvalue weighted by Crippen LogP contribution is 2.12. The van der Waals surface area contributed by atoms with E-state index in [0.717, 1.165) is 19.4 Å². The molecule has 0 bridgehead atoms. The average Bonchev–Trinajstić information content (AvgIpc) is 2.03. The number of ether oxygens (including phenoxy) is 2. The van der Waals surface area contributed by atoms with Gasteiger partial charge in [0.2, 0.25) is 0 Å². The van der Waals surface area contributed by atoms with Crippen molar-refractivity contribution in [1.29, 1.82) is 0 Å². The van der Waals surface area contributed by atoms with Crippen molar-refractivity contribution in [2.75, 3.05) is 13.2 Å². The summed E-state index contributed by atoms with van der Waals surface area (Å²) < 4.78 is 10.4. The fraction of sp³-hybridized carbons (Fsp3) is 0.750. The van der Waals surface area contributed by atoms with E-state index >= 15 is 0 Å². The standard InChI is InChI=1S/C8H12O2/c1-2-6-9-8-5-3-4-7-10-8/h1,8H,3-7H2/t8-/m0/s1. The lowest BCUT2D eigenvalue weighted by atomic mass is 10.2. The number of hydrogen-bond acceptors (Lipinski definition) is 2. The summed E-state index contributed by atoms with van der Waals surface area (Å²) in [6, 6.07) is 0. The maximum atomic E-state index is 5.26. The van der Waals surface area contributed by atoms with E-state index in [4.69, 9.17) is 15.9 Å². The first-order valence-electron chi connectivity index (χ1n) is 3.60. The first-order chi connectivity index (χ1) is 4.93. The average molecular weight is 140 g/mol. The third kappa shape index (κ3) is 2.38. The SMILES string of the molecule is C#CCO[C@@H]1CCCCO1. The quantitative estimate of drug-likeness (QED) is 0.536. The smallest absolute Gasteiger partial charge is 0.158 e. The van der Waals surface area contributed by atoms with Gasteiger partial charge in [0.15, 0.2) is 6.29 Å². The van der Waals surface area contributed by atoms with Crippen molar-refractivity contribution >= 4 is 0 Å². The molecule has 0 aromatic rings. The van der Waals surface area contributed by atoms with E-state index in [1.54, 1.807) is 0 Å². The maximum absolute atomic E-state index is 5.26. The highest BCUT2D eigenvalue weighted by molar-refractivity contribution is 4.83. The van der Waals surface area contributed by atoms with Gasteiger partial charge in [0.25, 0.3) is 0 Å². The van der Waals surface area contributed by atoms with Crippen LogP contribution in [-0.4, -0.2) is 19.5 Å². The predicted molar refractivity (Wildman–Crippen MR) is 38.4 cm³/mol. The molecule has 0 unspecified atom stereocenters. The molecule has 0 amide bonds. The largest absolute Gasteiger partial charge is 0.353 e. The lowest BCUT2D eigenvalue weighted by Gasteiger charge is -2.21. The second-order valence-electron chi connectivity index (χ2n) is 2.31. The normalized spacial score (nSPS) is 25.7. The predicted octanol–water partition coefficient (Wildman–Crippen LogP) is 1.16. The summed E-state index contributed by atoms with van der Waals surface area (Å²) in [4.78, 5) is 0. The van der Waals surface area contributed by atoms with Gasteiger partial charge >= 0.3 is 0 Å². The molecule has 2 nitrogen and oxygen atoms in total. The Labute approximate surface area is 61.5 Å². The van der Waals surface area contributed by atoms with Gasteiger partial charge in [0.1, 0.15) is 6.61 Å². The Balaban J connectivity index is 2.09. The summed E-state index contributed by atoms with van der Waals surface area (Å²) in [6.07, 6.45) is 8.30. The van der Waals surface area contributed by atoms with Gasteiger partial charge < -0.3 is 9.47 Å². The third-order valence-corrected chi connectivity index (χ3v) is 1.49. The molecule has 0 radical (unpaired) electrons. The topological polar surface area (TPSA) is 18.5 Å². The Hall–Kier alpha value is -0.520. The highest BCUT2D eigenvalue weighted by atomic mass is 16.7.